The van der Waals surface area contributed by atoms with E-state index in [1.54, 1.807) is 31.2 Å². The lowest BCUT2D eigenvalue weighted by molar-refractivity contribution is -0.152. The van der Waals surface area contributed by atoms with Crippen molar-refractivity contribution in [3.8, 4) is 5.75 Å². The summed E-state index contributed by atoms with van der Waals surface area (Å²) in [7, 11) is 0. The van der Waals surface area contributed by atoms with Gasteiger partial charge in [0.05, 0.1) is 12.6 Å². The predicted octanol–water partition coefficient (Wildman–Crippen LogP) is 0.672. The standard InChI is InChI=1S/C22H24N2O7/c1-13-15(8-5-9-18(13)25)20(27)23-16(10-14-6-3-2-4-7-14)19(26)21(28)24-12-31-11-17(24)22(29)30/h2-9,16-17,19,25-26H,10-12H2,1H3,(H,23,27)(H,29,30)/t16-,17-,19-/m0/s1. The first-order valence-electron chi connectivity index (χ1n) is 9.72. The van der Waals surface area contributed by atoms with Crippen LogP contribution in [0.1, 0.15) is 21.5 Å². The van der Waals surface area contributed by atoms with Gasteiger partial charge in [0.25, 0.3) is 11.8 Å². The van der Waals surface area contributed by atoms with Gasteiger partial charge in [-0.25, -0.2) is 4.79 Å². The van der Waals surface area contributed by atoms with E-state index in [1.807, 2.05) is 6.07 Å². The highest BCUT2D eigenvalue weighted by atomic mass is 16.5. The number of phenols is 1. The summed E-state index contributed by atoms with van der Waals surface area (Å²) in [5.41, 5.74) is 1.32. The number of hydrogen-bond acceptors (Lipinski definition) is 6. The smallest absolute Gasteiger partial charge is 0.328 e. The van der Waals surface area contributed by atoms with Crippen molar-refractivity contribution in [3.63, 3.8) is 0 Å². The minimum absolute atomic E-state index is 0.0533. The van der Waals surface area contributed by atoms with Crippen LogP contribution in [0, 0.1) is 6.92 Å². The first-order valence-corrected chi connectivity index (χ1v) is 9.72. The van der Waals surface area contributed by atoms with E-state index >= 15 is 0 Å². The van der Waals surface area contributed by atoms with Gasteiger partial charge in [0.2, 0.25) is 0 Å². The third-order valence-corrected chi connectivity index (χ3v) is 5.25. The van der Waals surface area contributed by atoms with E-state index in [-0.39, 0.29) is 31.1 Å². The van der Waals surface area contributed by atoms with Crippen molar-refractivity contribution in [1.29, 1.82) is 0 Å². The van der Waals surface area contributed by atoms with Gasteiger partial charge in [0, 0.05) is 11.1 Å². The molecule has 2 aromatic rings. The Morgan fingerprint density at radius 3 is 2.55 bits per heavy atom. The molecule has 1 heterocycles. The van der Waals surface area contributed by atoms with Crippen molar-refractivity contribution in [1.82, 2.24) is 10.2 Å². The maximum Gasteiger partial charge on any atom is 0.328 e. The Balaban J connectivity index is 1.85. The molecule has 2 aromatic carbocycles. The Morgan fingerprint density at radius 1 is 1.16 bits per heavy atom. The van der Waals surface area contributed by atoms with Gasteiger partial charge >= 0.3 is 5.97 Å². The van der Waals surface area contributed by atoms with E-state index in [9.17, 15) is 29.7 Å². The molecule has 1 aliphatic rings. The number of aliphatic hydroxyl groups excluding tert-OH is 1. The third-order valence-electron chi connectivity index (χ3n) is 5.25. The molecule has 9 nitrogen and oxygen atoms in total. The number of nitrogens with one attached hydrogen (secondary N) is 1. The van der Waals surface area contributed by atoms with Crippen molar-refractivity contribution in [3.05, 3.63) is 65.2 Å². The first-order chi connectivity index (χ1) is 14.8. The van der Waals surface area contributed by atoms with Gasteiger partial charge < -0.3 is 30.3 Å². The number of phenolic OH excluding ortho intramolecular Hbond substituents is 1. The van der Waals surface area contributed by atoms with Crippen LogP contribution in [0.25, 0.3) is 0 Å². The van der Waals surface area contributed by atoms with Crippen molar-refractivity contribution in [2.75, 3.05) is 13.3 Å². The van der Waals surface area contributed by atoms with Crippen LogP contribution in [-0.4, -0.2) is 69.5 Å². The second-order valence-electron chi connectivity index (χ2n) is 7.33. The lowest BCUT2D eigenvalue weighted by Crippen LogP contribution is -2.55. The summed E-state index contributed by atoms with van der Waals surface area (Å²) >= 11 is 0. The van der Waals surface area contributed by atoms with Crippen LogP contribution in [0.15, 0.2) is 48.5 Å². The number of nitrogens with zero attached hydrogens (tertiary/aromatic N) is 1. The molecule has 1 aliphatic heterocycles. The molecule has 0 radical (unpaired) electrons. The molecule has 0 saturated carbocycles. The average molecular weight is 428 g/mol. The number of hydrogen-bond donors (Lipinski definition) is 4. The second-order valence-corrected chi connectivity index (χ2v) is 7.33. The number of ether oxygens (including phenoxy) is 1. The highest BCUT2D eigenvalue weighted by molar-refractivity contribution is 5.97. The maximum atomic E-state index is 12.9. The van der Waals surface area contributed by atoms with Gasteiger partial charge in [-0.1, -0.05) is 36.4 Å². The summed E-state index contributed by atoms with van der Waals surface area (Å²) in [5, 5.41) is 32.6. The van der Waals surface area contributed by atoms with Gasteiger partial charge in [-0.15, -0.1) is 0 Å². The molecular formula is C22H24N2O7. The molecule has 9 heteroatoms. The van der Waals surface area contributed by atoms with E-state index in [4.69, 9.17) is 4.74 Å². The fourth-order valence-corrected chi connectivity index (χ4v) is 3.43. The Kier molecular flexibility index (Phi) is 6.88. The van der Waals surface area contributed by atoms with Crippen LogP contribution in [0.2, 0.25) is 0 Å². The molecule has 0 bridgehead atoms. The molecule has 0 spiro atoms. The van der Waals surface area contributed by atoms with Gasteiger partial charge in [0.1, 0.15) is 12.5 Å². The lowest BCUT2D eigenvalue weighted by Gasteiger charge is -2.28. The number of aliphatic carboxylic acids is 1. The van der Waals surface area contributed by atoms with Gasteiger partial charge in [-0.2, -0.15) is 0 Å². The molecule has 0 aliphatic carbocycles. The van der Waals surface area contributed by atoms with Crippen molar-refractivity contribution in [2.24, 2.45) is 0 Å². The monoisotopic (exact) mass is 428 g/mol. The number of carboxylic acid groups (broad SMARTS) is 1. The number of benzene rings is 2. The number of aromatic hydroxyl groups is 1. The van der Waals surface area contributed by atoms with E-state index < -0.39 is 36.0 Å². The number of carbonyl (C=O) groups excluding carboxylic acids is 2. The predicted molar refractivity (Wildman–Crippen MR) is 109 cm³/mol. The summed E-state index contributed by atoms with van der Waals surface area (Å²) in [6.07, 6.45) is -1.57. The van der Waals surface area contributed by atoms with E-state index in [2.05, 4.69) is 5.32 Å². The first kappa shape index (κ1) is 22.3. The van der Waals surface area contributed by atoms with Crippen LogP contribution in [0.4, 0.5) is 0 Å². The number of carboxylic acids is 1. The molecule has 3 rings (SSSR count). The van der Waals surface area contributed by atoms with Crippen LogP contribution >= 0.6 is 0 Å². The van der Waals surface area contributed by atoms with Crippen molar-refractivity contribution in [2.45, 2.75) is 31.5 Å². The summed E-state index contributed by atoms with van der Waals surface area (Å²) in [6, 6.07) is 11.2. The highest BCUT2D eigenvalue weighted by Crippen LogP contribution is 2.20. The Morgan fingerprint density at radius 2 is 1.87 bits per heavy atom. The van der Waals surface area contributed by atoms with Crippen LogP contribution in [0.3, 0.4) is 0 Å². The van der Waals surface area contributed by atoms with Crippen LogP contribution in [-0.2, 0) is 20.7 Å². The SMILES string of the molecule is Cc1c(O)cccc1C(=O)N[C@@H](Cc1ccccc1)[C@H](O)C(=O)N1COC[C@H]1C(=O)O. The minimum atomic E-state index is -1.70. The zero-order valence-corrected chi connectivity index (χ0v) is 16.9. The molecule has 1 fully saturated rings. The fraction of sp³-hybridized carbons (Fsp3) is 0.318. The molecule has 0 aromatic heterocycles. The molecular weight excluding hydrogens is 404 g/mol. The van der Waals surface area contributed by atoms with Crippen molar-refractivity contribution < 1.29 is 34.4 Å². The third kappa shape index (κ3) is 5.01. The molecule has 0 unspecified atom stereocenters. The molecule has 2 amide bonds. The lowest BCUT2D eigenvalue weighted by atomic mass is 9.98. The number of aliphatic hydroxyl groups is 1. The summed E-state index contributed by atoms with van der Waals surface area (Å²) < 4.78 is 5.08. The van der Waals surface area contributed by atoms with E-state index in [1.165, 1.54) is 18.2 Å². The fourth-order valence-electron chi connectivity index (χ4n) is 3.43. The quantitative estimate of drug-likeness (QED) is 0.509. The normalized spacial score (nSPS) is 17.7. The van der Waals surface area contributed by atoms with Gasteiger partial charge in [0.15, 0.2) is 12.1 Å². The highest BCUT2D eigenvalue weighted by Gasteiger charge is 2.40. The van der Waals surface area contributed by atoms with Crippen LogP contribution in [0.5, 0.6) is 5.75 Å². The molecule has 31 heavy (non-hydrogen) atoms. The second kappa shape index (κ2) is 9.59. The largest absolute Gasteiger partial charge is 0.508 e. The molecule has 4 N–H and O–H groups in total. The Hall–Kier alpha value is -3.43. The molecule has 1 saturated heterocycles. The maximum absolute atomic E-state index is 12.9. The number of amides is 2. The molecule has 164 valence electrons. The molecule has 3 atom stereocenters. The number of carbonyl (C=O) groups is 3. The van der Waals surface area contributed by atoms with Gasteiger partial charge in [-0.05, 0) is 31.0 Å². The van der Waals surface area contributed by atoms with Crippen molar-refractivity contribution >= 4 is 17.8 Å². The number of rotatable bonds is 7. The topological polar surface area (TPSA) is 136 Å². The summed E-state index contributed by atoms with van der Waals surface area (Å²) in [4.78, 5) is 38.1. The zero-order valence-electron chi connectivity index (χ0n) is 16.9. The summed E-state index contributed by atoms with van der Waals surface area (Å²) in [6.45, 7) is 1.15. The van der Waals surface area contributed by atoms with E-state index in [0.717, 1.165) is 10.5 Å². The Bertz CT molecular complexity index is 964. The van der Waals surface area contributed by atoms with E-state index in [0.29, 0.717) is 5.56 Å². The Labute approximate surface area is 178 Å². The van der Waals surface area contributed by atoms with Gasteiger partial charge in [-0.3, -0.25) is 9.59 Å². The zero-order chi connectivity index (χ0) is 22.5. The minimum Gasteiger partial charge on any atom is -0.508 e. The van der Waals surface area contributed by atoms with Crippen LogP contribution < -0.4 is 5.32 Å². The summed E-state index contributed by atoms with van der Waals surface area (Å²) in [5.74, 6) is -2.72. The average Bonchev–Trinajstić information content (AvgIpc) is 3.25.